The van der Waals surface area contributed by atoms with Crippen LogP contribution in [0, 0.1) is 0 Å². The molecule has 0 spiro atoms. The molecule has 0 bridgehead atoms. The highest BCUT2D eigenvalue weighted by Crippen LogP contribution is 2.24. The number of fused-ring (bicyclic) bond motifs is 1. The Morgan fingerprint density at radius 1 is 1.39 bits per heavy atom. The van der Waals surface area contributed by atoms with Crippen LogP contribution in [-0.4, -0.2) is 24.9 Å². The van der Waals surface area contributed by atoms with E-state index in [2.05, 4.69) is 16.0 Å². The Bertz CT molecular complexity index is 471. The number of aryl methyl sites for hydroxylation is 1. The fourth-order valence-electron chi connectivity index (χ4n) is 1.96. The Balaban J connectivity index is 1.97. The Labute approximate surface area is 106 Å². The van der Waals surface area contributed by atoms with Crippen LogP contribution in [0.1, 0.15) is 18.9 Å². The van der Waals surface area contributed by atoms with Crippen molar-refractivity contribution >= 4 is 23.2 Å². The van der Waals surface area contributed by atoms with Gasteiger partial charge in [-0.25, -0.2) is 0 Å². The first-order valence-electron chi connectivity index (χ1n) is 6.06. The number of carbonyl (C=O) groups is 2. The van der Waals surface area contributed by atoms with Crippen molar-refractivity contribution in [1.82, 2.24) is 5.32 Å². The van der Waals surface area contributed by atoms with Crippen molar-refractivity contribution in [2.24, 2.45) is 0 Å². The summed E-state index contributed by atoms with van der Waals surface area (Å²) < 4.78 is 0. The zero-order chi connectivity index (χ0) is 13.0. The molecule has 0 aliphatic carbocycles. The smallest absolute Gasteiger partial charge is 0.243 e. The van der Waals surface area contributed by atoms with E-state index in [1.54, 1.807) is 0 Å². The minimum absolute atomic E-state index is 0.00463. The molecule has 96 valence electrons. The van der Waals surface area contributed by atoms with E-state index >= 15 is 0 Å². The molecule has 0 radical (unpaired) electrons. The summed E-state index contributed by atoms with van der Waals surface area (Å²) in [5.41, 5.74) is 3.13. The first kappa shape index (κ1) is 12.4. The summed E-state index contributed by atoms with van der Waals surface area (Å²) in [5, 5.41) is 8.54. The number of amides is 2. The molecular formula is C13H17N3O2. The second-order valence-corrected chi connectivity index (χ2v) is 4.36. The van der Waals surface area contributed by atoms with Gasteiger partial charge in [0.25, 0.3) is 0 Å². The molecular weight excluding hydrogens is 230 g/mol. The van der Waals surface area contributed by atoms with Crippen LogP contribution in [0.5, 0.6) is 0 Å². The average Bonchev–Trinajstić information content (AvgIpc) is 2.36. The summed E-state index contributed by atoms with van der Waals surface area (Å²) in [7, 11) is 0. The van der Waals surface area contributed by atoms with E-state index < -0.39 is 0 Å². The lowest BCUT2D eigenvalue weighted by molar-refractivity contribution is -0.122. The number of rotatable bonds is 3. The van der Waals surface area contributed by atoms with Gasteiger partial charge in [0, 0.05) is 24.8 Å². The van der Waals surface area contributed by atoms with E-state index in [0.717, 1.165) is 30.8 Å². The van der Waals surface area contributed by atoms with Gasteiger partial charge in [-0.1, -0.05) is 0 Å². The third kappa shape index (κ3) is 3.23. The zero-order valence-corrected chi connectivity index (χ0v) is 10.4. The van der Waals surface area contributed by atoms with Gasteiger partial charge in [0.1, 0.15) is 0 Å². The molecule has 5 nitrogen and oxygen atoms in total. The number of anilines is 2. The number of nitrogens with one attached hydrogen (secondary N) is 3. The third-order valence-corrected chi connectivity index (χ3v) is 2.83. The second-order valence-electron chi connectivity index (χ2n) is 4.36. The van der Waals surface area contributed by atoms with Gasteiger partial charge < -0.3 is 16.0 Å². The molecule has 1 aliphatic heterocycles. The lowest BCUT2D eigenvalue weighted by Crippen LogP contribution is -2.31. The summed E-state index contributed by atoms with van der Waals surface area (Å²) in [4.78, 5) is 22.2. The number of benzene rings is 1. The van der Waals surface area contributed by atoms with Crippen LogP contribution in [0.25, 0.3) is 0 Å². The predicted molar refractivity (Wildman–Crippen MR) is 70.6 cm³/mol. The van der Waals surface area contributed by atoms with Crippen molar-refractivity contribution in [2.45, 2.75) is 19.8 Å². The Morgan fingerprint density at radius 2 is 2.22 bits per heavy atom. The fourth-order valence-corrected chi connectivity index (χ4v) is 1.96. The van der Waals surface area contributed by atoms with Gasteiger partial charge in [0.05, 0.1) is 6.54 Å². The highest BCUT2D eigenvalue weighted by Gasteiger charge is 2.10. The van der Waals surface area contributed by atoms with Gasteiger partial charge in [-0.05, 0) is 36.6 Å². The topological polar surface area (TPSA) is 70.2 Å². The van der Waals surface area contributed by atoms with Gasteiger partial charge in [-0.2, -0.15) is 0 Å². The normalized spacial score (nSPS) is 13.2. The van der Waals surface area contributed by atoms with E-state index in [0.29, 0.717) is 0 Å². The summed E-state index contributed by atoms with van der Waals surface area (Å²) >= 11 is 0. The summed E-state index contributed by atoms with van der Waals surface area (Å²) in [6, 6.07) is 5.82. The minimum atomic E-state index is -0.214. The molecule has 3 N–H and O–H groups in total. The van der Waals surface area contributed by atoms with E-state index in [1.165, 1.54) is 12.5 Å². The fraction of sp³-hybridized carbons (Fsp3) is 0.385. The van der Waals surface area contributed by atoms with Gasteiger partial charge in [-0.3, -0.25) is 9.59 Å². The quantitative estimate of drug-likeness (QED) is 0.749. The second kappa shape index (κ2) is 5.53. The van der Waals surface area contributed by atoms with Crippen LogP contribution in [0.2, 0.25) is 0 Å². The van der Waals surface area contributed by atoms with Gasteiger partial charge in [0.2, 0.25) is 11.8 Å². The Hall–Kier alpha value is -2.04. The highest BCUT2D eigenvalue weighted by atomic mass is 16.2. The molecule has 2 rings (SSSR count). The molecule has 0 saturated heterocycles. The maximum absolute atomic E-state index is 11.5. The van der Waals surface area contributed by atoms with Crippen LogP contribution < -0.4 is 16.0 Å². The molecule has 1 aromatic rings. The third-order valence-electron chi connectivity index (χ3n) is 2.83. The molecule has 5 heteroatoms. The molecule has 2 amide bonds. The maximum Gasteiger partial charge on any atom is 0.243 e. The van der Waals surface area contributed by atoms with Crippen LogP contribution in [0.4, 0.5) is 11.4 Å². The van der Waals surface area contributed by atoms with Crippen LogP contribution in [0.3, 0.4) is 0 Å². The molecule has 1 aromatic carbocycles. The largest absolute Gasteiger partial charge is 0.385 e. The Morgan fingerprint density at radius 3 is 3.00 bits per heavy atom. The van der Waals surface area contributed by atoms with Gasteiger partial charge in [-0.15, -0.1) is 0 Å². The van der Waals surface area contributed by atoms with Gasteiger partial charge in [0.15, 0.2) is 0 Å². The molecule has 0 saturated carbocycles. The lowest BCUT2D eigenvalue weighted by atomic mass is 10.0. The first-order valence-corrected chi connectivity index (χ1v) is 6.06. The van der Waals surface area contributed by atoms with E-state index in [-0.39, 0.29) is 18.4 Å². The van der Waals surface area contributed by atoms with Crippen molar-refractivity contribution in [3.05, 3.63) is 23.8 Å². The number of hydrogen-bond donors (Lipinski definition) is 3. The molecule has 0 atom stereocenters. The van der Waals surface area contributed by atoms with Gasteiger partial charge >= 0.3 is 0 Å². The van der Waals surface area contributed by atoms with Crippen LogP contribution >= 0.6 is 0 Å². The molecule has 0 fully saturated rings. The monoisotopic (exact) mass is 247 g/mol. The zero-order valence-electron chi connectivity index (χ0n) is 10.4. The molecule has 18 heavy (non-hydrogen) atoms. The highest BCUT2D eigenvalue weighted by molar-refractivity contribution is 5.94. The van der Waals surface area contributed by atoms with Crippen molar-refractivity contribution < 1.29 is 9.59 Å². The number of carbonyl (C=O) groups excluding carboxylic acids is 2. The van der Waals surface area contributed by atoms with E-state index in [9.17, 15) is 9.59 Å². The first-order chi connectivity index (χ1) is 8.65. The predicted octanol–water partition coefficient (Wildman–Crippen LogP) is 1.12. The SMILES string of the molecule is CC(=O)NCC(=O)Nc1ccc2c(c1)CCCN2. The average molecular weight is 247 g/mol. The Kier molecular flexibility index (Phi) is 3.82. The molecule has 0 aromatic heterocycles. The van der Waals surface area contributed by atoms with Crippen molar-refractivity contribution in [1.29, 1.82) is 0 Å². The summed E-state index contributed by atoms with van der Waals surface area (Å²) in [6.07, 6.45) is 2.13. The standard InChI is InChI=1S/C13H17N3O2/c1-9(17)15-8-13(18)16-11-4-5-12-10(7-11)3-2-6-14-12/h4-5,7,14H,2-3,6,8H2,1H3,(H,15,17)(H,16,18). The molecule has 0 unspecified atom stereocenters. The van der Waals surface area contributed by atoms with Crippen molar-refractivity contribution in [3.8, 4) is 0 Å². The summed E-state index contributed by atoms with van der Waals surface area (Å²) in [5.74, 6) is -0.422. The number of hydrogen-bond acceptors (Lipinski definition) is 3. The van der Waals surface area contributed by atoms with Crippen molar-refractivity contribution in [2.75, 3.05) is 23.7 Å². The minimum Gasteiger partial charge on any atom is -0.385 e. The molecule has 1 heterocycles. The van der Waals surface area contributed by atoms with Crippen LogP contribution in [0.15, 0.2) is 18.2 Å². The van der Waals surface area contributed by atoms with E-state index in [4.69, 9.17) is 0 Å². The van der Waals surface area contributed by atoms with E-state index in [1.807, 2.05) is 18.2 Å². The lowest BCUT2D eigenvalue weighted by Gasteiger charge is -2.18. The van der Waals surface area contributed by atoms with Crippen LogP contribution in [-0.2, 0) is 16.0 Å². The maximum atomic E-state index is 11.5. The molecule has 1 aliphatic rings. The van der Waals surface area contributed by atoms with Crippen molar-refractivity contribution in [3.63, 3.8) is 0 Å². The summed E-state index contributed by atoms with van der Waals surface area (Å²) in [6.45, 7) is 2.39.